The molecule has 0 bridgehead atoms. The third-order valence-electron chi connectivity index (χ3n) is 7.29. The number of aliphatic hydroxyl groups is 1. The number of carbonyl (C=O) groups is 2. The average molecular weight is 454 g/mol. The fraction of sp³-hybridized carbons (Fsp3) is 0.560. The van der Waals surface area contributed by atoms with Gasteiger partial charge in [-0.1, -0.05) is 43.7 Å². The summed E-state index contributed by atoms with van der Waals surface area (Å²) < 4.78 is 0. The van der Waals surface area contributed by atoms with Gasteiger partial charge in [0.1, 0.15) is 11.6 Å². The summed E-state index contributed by atoms with van der Waals surface area (Å²) in [6.45, 7) is 7.67. The number of hydrogen-bond donors (Lipinski definition) is 3. The quantitative estimate of drug-likeness (QED) is 0.596. The van der Waals surface area contributed by atoms with Crippen molar-refractivity contribution >= 4 is 11.8 Å². The van der Waals surface area contributed by atoms with Crippen LogP contribution in [0, 0.1) is 13.8 Å². The second-order valence-electron chi connectivity index (χ2n) is 9.28. The Hall–Kier alpha value is -2.71. The first-order valence-corrected chi connectivity index (χ1v) is 12.0. The van der Waals surface area contributed by atoms with Crippen LogP contribution in [0.5, 0.6) is 0 Å². The van der Waals surface area contributed by atoms with Gasteiger partial charge >= 0.3 is 0 Å². The van der Waals surface area contributed by atoms with Crippen LogP contribution in [0.15, 0.2) is 30.3 Å². The maximum absolute atomic E-state index is 13.3. The molecule has 0 saturated carbocycles. The van der Waals surface area contributed by atoms with Crippen molar-refractivity contribution in [2.45, 2.75) is 64.1 Å². The van der Waals surface area contributed by atoms with E-state index in [1.807, 2.05) is 32.0 Å². The molecule has 0 radical (unpaired) electrons. The molecule has 4 rings (SSSR count). The van der Waals surface area contributed by atoms with Crippen LogP contribution < -0.4 is 5.32 Å². The third-order valence-corrected chi connectivity index (χ3v) is 7.29. The van der Waals surface area contributed by atoms with E-state index in [0.717, 1.165) is 24.2 Å². The Morgan fingerprint density at radius 1 is 1.18 bits per heavy atom. The van der Waals surface area contributed by atoms with Gasteiger partial charge in [0.15, 0.2) is 0 Å². The first-order chi connectivity index (χ1) is 15.9. The van der Waals surface area contributed by atoms with Crippen LogP contribution >= 0.6 is 0 Å². The summed E-state index contributed by atoms with van der Waals surface area (Å²) in [4.78, 5) is 30.6. The molecule has 1 aromatic carbocycles. The molecule has 2 aromatic rings. The summed E-state index contributed by atoms with van der Waals surface area (Å²) in [5, 5.41) is 20.0. The molecule has 1 unspecified atom stereocenters. The van der Waals surface area contributed by atoms with E-state index in [0.29, 0.717) is 32.5 Å². The minimum atomic E-state index is -0.851. The zero-order valence-electron chi connectivity index (χ0n) is 19.8. The van der Waals surface area contributed by atoms with E-state index in [2.05, 4.69) is 39.5 Å². The van der Waals surface area contributed by atoms with Gasteiger partial charge in [-0.15, -0.1) is 0 Å². The standard InChI is InChI=1S/C25H35N5O3/c1-4-5-13-30-23(32)20(16-31)26-24(33)25(30)11-14-29(15-12-25)22(19-9-7-6-8-10-19)21-17(2)27-28-18(21)3/h6-10,20,22,31H,4-5,11-16H2,1-3H3,(H,26,33)(H,27,28)/t20-,22?/m0/s1. The van der Waals surface area contributed by atoms with E-state index >= 15 is 0 Å². The van der Waals surface area contributed by atoms with Gasteiger partial charge in [-0.2, -0.15) is 5.10 Å². The smallest absolute Gasteiger partial charge is 0.248 e. The number of nitrogens with zero attached hydrogens (tertiary/aromatic N) is 3. The van der Waals surface area contributed by atoms with Gasteiger partial charge in [0.2, 0.25) is 11.8 Å². The molecule has 8 nitrogen and oxygen atoms in total. The van der Waals surface area contributed by atoms with Crippen LogP contribution in [0.1, 0.15) is 61.2 Å². The van der Waals surface area contributed by atoms with Gasteiger partial charge in [0.05, 0.1) is 18.3 Å². The lowest BCUT2D eigenvalue weighted by Crippen LogP contribution is -2.73. The molecule has 1 aromatic heterocycles. The molecule has 1 spiro atoms. The van der Waals surface area contributed by atoms with E-state index in [4.69, 9.17) is 0 Å². The van der Waals surface area contributed by atoms with Crippen molar-refractivity contribution in [1.29, 1.82) is 0 Å². The van der Waals surface area contributed by atoms with Crippen molar-refractivity contribution < 1.29 is 14.7 Å². The Morgan fingerprint density at radius 3 is 2.45 bits per heavy atom. The van der Waals surface area contributed by atoms with Gasteiger partial charge in [-0.3, -0.25) is 19.6 Å². The number of carbonyl (C=O) groups excluding carboxylic acids is 2. The Labute approximate surface area is 195 Å². The van der Waals surface area contributed by atoms with E-state index in [-0.39, 0.29) is 24.5 Å². The lowest BCUT2D eigenvalue weighted by molar-refractivity contribution is -0.162. The largest absolute Gasteiger partial charge is 0.394 e. The van der Waals surface area contributed by atoms with Gasteiger partial charge in [-0.05, 0) is 38.7 Å². The van der Waals surface area contributed by atoms with Crippen molar-refractivity contribution in [2.24, 2.45) is 0 Å². The number of H-pyrrole nitrogens is 1. The SMILES string of the molecule is CCCCN1C(=O)[C@H](CO)NC(=O)C12CCN(C(c1ccccc1)c1c(C)n[nH]c1C)CC2. The highest BCUT2D eigenvalue weighted by Gasteiger charge is 2.53. The lowest BCUT2D eigenvalue weighted by Gasteiger charge is -2.52. The first-order valence-electron chi connectivity index (χ1n) is 12.0. The van der Waals surface area contributed by atoms with Gasteiger partial charge in [-0.25, -0.2) is 0 Å². The summed E-state index contributed by atoms with van der Waals surface area (Å²) in [7, 11) is 0. The number of hydrogen-bond acceptors (Lipinski definition) is 5. The zero-order valence-corrected chi connectivity index (χ0v) is 19.8. The summed E-state index contributed by atoms with van der Waals surface area (Å²) in [6, 6.07) is 9.57. The Bertz CT molecular complexity index is 962. The molecule has 2 fully saturated rings. The number of likely N-dealkylation sites (tertiary alicyclic amines) is 1. The molecule has 8 heteroatoms. The fourth-order valence-corrected chi connectivity index (χ4v) is 5.45. The molecule has 2 aliphatic rings. The van der Waals surface area contributed by atoms with Crippen LogP contribution in [0.4, 0.5) is 0 Å². The molecular weight excluding hydrogens is 418 g/mol. The number of amides is 2. The molecule has 33 heavy (non-hydrogen) atoms. The predicted octanol–water partition coefficient (Wildman–Crippen LogP) is 2.07. The fourth-order valence-electron chi connectivity index (χ4n) is 5.45. The summed E-state index contributed by atoms with van der Waals surface area (Å²) in [5.74, 6) is -0.302. The second kappa shape index (κ2) is 9.65. The van der Waals surface area contributed by atoms with E-state index < -0.39 is 11.6 Å². The maximum atomic E-state index is 13.3. The average Bonchev–Trinajstić information content (AvgIpc) is 3.16. The highest BCUT2D eigenvalue weighted by Crippen LogP contribution is 2.39. The van der Waals surface area contributed by atoms with Crippen molar-refractivity contribution in [1.82, 2.24) is 25.3 Å². The molecular formula is C25H35N5O3. The molecule has 3 N–H and O–H groups in total. The second-order valence-corrected chi connectivity index (χ2v) is 9.28. The predicted molar refractivity (Wildman–Crippen MR) is 126 cm³/mol. The number of unbranched alkanes of at least 4 members (excludes halogenated alkanes) is 1. The van der Waals surface area contributed by atoms with Gasteiger partial charge in [0, 0.05) is 30.9 Å². The topological polar surface area (TPSA) is 102 Å². The minimum absolute atomic E-state index is 0.0268. The summed E-state index contributed by atoms with van der Waals surface area (Å²) in [6.07, 6.45) is 2.90. The van der Waals surface area contributed by atoms with Crippen LogP contribution in [0.3, 0.4) is 0 Å². The van der Waals surface area contributed by atoms with E-state index in [9.17, 15) is 14.7 Å². The molecule has 3 heterocycles. The number of piperazine rings is 1. The van der Waals surface area contributed by atoms with Crippen LogP contribution in [-0.2, 0) is 9.59 Å². The van der Waals surface area contributed by atoms with Crippen molar-refractivity contribution in [3.8, 4) is 0 Å². The zero-order chi connectivity index (χ0) is 23.6. The number of nitrogens with one attached hydrogen (secondary N) is 2. The number of aromatic nitrogens is 2. The Morgan fingerprint density at radius 2 is 1.88 bits per heavy atom. The van der Waals surface area contributed by atoms with Crippen LogP contribution in [0.25, 0.3) is 0 Å². The molecule has 0 aliphatic carbocycles. The molecule has 178 valence electrons. The highest BCUT2D eigenvalue weighted by atomic mass is 16.3. The monoisotopic (exact) mass is 453 g/mol. The number of piperidine rings is 1. The lowest BCUT2D eigenvalue weighted by atomic mass is 9.80. The highest BCUT2D eigenvalue weighted by molar-refractivity contribution is 6.00. The Kier molecular flexibility index (Phi) is 6.86. The molecule has 2 amide bonds. The van der Waals surface area contributed by atoms with Crippen LogP contribution in [0.2, 0.25) is 0 Å². The number of aryl methyl sites for hydroxylation is 2. The number of benzene rings is 1. The molecule has 2 atom stereocenters. The number of aliphatic hydroxyl groups excluding tert-OH is 1. The van der Waals surface area contributed by atoms with E-state index in [1.54, 1.807) is 4.90 Å². The summed E-state index contributed by atoms with van der Waals surface area (Å²) >= 11 is 0. The number of aromatic amines is 1. The summed E-state index contributed by atoms with van der Waals surface area (Å²) in [5.41, 5.74) is 3.53. The Balaban J connectivity index is 1.64. The van der Waals surface area contributed by atoms with Crippen molar-refractivity contribution in [3.05, 3.63) is 52.8 Å². The van der Waals surface area contributed by atoms with Crippen LogP contribution in [-0.4, -0.2) is 74.7 Å². The first kappa shape index (κ1) is 23.4. The normalized spacial score (nSPS) is 21.9. The maximum Gasteiger partial charge on any atom is 0.248 e. The third kappa shape index (κ3) is 4.17. The van der Waals surface area contributed by atoms with Gasteiger partial charge in [0.25, 0.3) is 0 Å². The number of rotatable bonds is 7. The van der Waals surface area contributed by atoms with Crippen molar-refractivity contribution in [2.75, 3.05) is 26.2 Å². The molecule has 2 saturated heterocycles. The van der Waals surface area contributed by atoms with Crippen molar-refractivity contribution in [3.63, 3.8) is 0 Å². The minimum Gasteiger partial charge on any atom is -0.394 e. The van der Waals surface area contributed by atoms with E-state index in [1.165, 1.54) is 11.1 Å². The van der Waals surface area contributed by atoms with Gasteiger partial charge < -0.3 is 15.3 Å². The molecule has 2 aliphatic heterocycles.